The molecule has 180 valence electrons. The maximum absolute atomic E-state index is 5.82. The Balaban J connectivity index is 0.00000306. The van der Waals surface area contributed by atoms with Gasteiger partial charge in [-0.25, -0.2) is 4.99 Å². The first-order chi connectivity index (χ1) is 15.8. The molecule has 4 rings (SSSR count). The molecule has 1 aliphatic carbocycles. The quantitative estimate of drug-likeness (QED) is 0.185. The first-order valence-electron chi connectivity index (χ1n) is 11.5. The van der Waals surface area contributed by atoms with Gasteiger partial charge in [0.25, 0.3) is 0 Å². The number of methoxy groups -OCH3 is 1. The van der Waals surface area contributed by atoms with Crippen LogP contribution in [-0.4, -0.2) is 46.0 Å². The average Bonchev–Trinajstić information content (AvgIpc) is 3.66. The maximum atomic E-state index is 5.82. The number of fused-ring (bicyclic) bond motifs is 1. The number of hydrogen-bond acceptors (Lipinski definition) is 5. The largest absolute Gasteiger partial charge is 0.496 e. The Kier molecular flexibility index (Phi) is 10.4. The van der Waals surface area contributed by atoms with Crippen molar-refractivity contribution >= 4 is 35.6 Å². The number of halogens is 1. The summed E-state index contributed by atoms with van der Waals surface area (Å²) in [6.07, 6.45) is 4.44. The molecule has 0 spiro atoms. The van der Waals surface area contributed by atoms with Crippen LogP contribution in [0.1, 0.15) is 31.2 Å². The second-order valence-corrected chi connectivity index (χ2v) is 8.11. The van der Waals surface area contributed by atoms with Crippen molar-refractivity contribution in [3.8, 4) is 17.2 Å². The number of aliphatic imine (C=N–C) groups is 1. The van der Waals surface area contributed by atoms with E-state index in [9.17, 15) is 0 Å². The van der Waals surface area contributed by atoms with Gasteiger partial charge in [0.2, 0.25) is 0 Å². The zero-order valence-corrected chi connectivity index (χ0v) is 21.5. The Labute approximate surface area is 213 Å². The third-order valence-electron chi connectivity index (χ3n) is 5.42. The van der Waals surface area contributed by atoms with Crippen molar-refractivity contribution in [2.24, 2.45) is 10.9 Å². The predicted octanol–water partition coefficient (Wildman–Crippen LogP) is 4.85. The van der Waals surface area contributed by atoms with E-state index in [0.29, 0.717) is 25.7 Å². The molecule has 2 aliphatic rings. The Morgan fingerprint density at radius 2 is 1.91 bits per heavy atom. The molecule has 2 aromatic carbocycles. The average molecular weight is 567 g/mol. The van der Waals surface area contributed by atoms with Gasteiger partial charge in [0.15, 0.2) is 17.5 Å². The van der Waals surface area contributed by atoms with Crippen LogP contribution in [-0.2, 0) is 11.3 Å². The molecular weight excluding hydrogens is 533 g/mol. The minimum absolute atomic E-state index is 0. The van der Waals surface area contributed by atoms with Crippen molar-refractivity contribution < 1.29 is 18.9 Å². The first-order valence-corrected chi connectivity index (χ1v) is 11.5. The molecule has 1 aliphatic heterocycles. The summed E-state index contributed by atoms with van der Waals surface area (Å²) in [5, 5.41) is 6.82. The summed E-state index contributed by atoms with van der Waals surface area (Å²) in [5.74, 6) is 3.86. The number of rotatable bonds is 10. The molecule has 1 saturated carbocycles. The summed E-state index contributed by atoms with van der Waals surface area (Å²) >= 11 is 0. The summed E-state index contributed by atoms with van der Waals surface area (Å²) in [6.45, 7) is 4.26. The van der Waals surface area contributed by atoms with Gasteiger partial charge in [0.1, 0.15) is 5.75 Å². The molecule has 0 radical (unpaired) electrons. The van der Waals surface area contributed by atoms with Crippen LogP contribution in [0.15, 0.2) is 47.5 Å². The van der Waals surface area contributed by atoms with Gasteiger partial charge in [-0.3, -0.25) is 0 Å². The predicted molar refractivity (Wildman–Crippen MR) is 141 cm³/mol. The van der Waals surface area contributed by atoms with Crippen molar-refractivity contribution in [2.75, 3.05) is 45.4 Å². The summed E-state index contributed by atoms with van der Waals surface area (Å²) in [7, 11) is 1.68. The van der Waals surface area contributed by atoms with Crippen LogP contribution >= 0.6 is 24.0 Å². The third-order valence-corrected chi connectivity index (χ3v) is 5.42. The summed E-state index contributed by atoms with van der Waals surface area (Å²) in [6, 6.07) is 13.8. The molecule has 8 heteroatoms. The molecule has 1 heterocycles. The van der Waals surface area contributed by atoms with Gasteiger partial charge in [0.05, 0.1) is 26.9 Å². The van der Waals surface area contributed by atoms with E-state index in [1.54, 1.807) is 7.11 Å². The third kappa shape index (κ3) is 8.26. The van der Waals surface area contributed by atoms with Gasteiger partial charge in [-0.1, -0.05) is 18.2 Å². The number of ether oxygens (including phenoxy) is 4. The van der Waals surface area contributed by atoms with Crippen LogP contribution in [0.5, 0.6) is 17.2 Å². The summed E-state index contributed by atoms with van der Waals surface area (Å²) in [4.78, 5) is 4.79. The van der Waals surface area contributed by atoms with Gasteiger partial charge in [-0.05, 0) is 43.4 Å². The van der Waals surface area contributed by atoms with Crippen LogP contribution < -0.4 is 24.8 Å². The number of benzene rings is 2. The van der Waals surface area contributed by atoms with Crippen LogP contribution in [0.3, 0.4) is 0 Å². The number of guanidine groups is 1. The van der Waals surface area contributed by atoms with Crippen molar-refractivity contribution in [3.63, 3.8) is 0 Å². The van der Waals surface area contributed by atoms with Crippen molar-refractivity contribution in [1.29, 1.82) is 0 Å². The minimum atomic E-state index is 0. The highest BCUT2D eigenvalue weighted by molar-refractivity contribution is 14.0. The Morgan fingerprint density at radius 3 is 2.73 bits per heavy atom. The lowest BCUT2D eigenvalue weighted by atomic mass is 10.2. The van der Waals surface area contributed by atoms with Gasteiger partial charge in [0, 0.05) is 43.5 Å². The van der Waals surface area contributed by atoms with Crippen LogP contribution in [0, 0.1) is 5.92 Å². The van der Waals surface area contributed by atoms with Crippen LogP contribution in [0.4, 0.5) is 5.69 Å². The molecule has 33 heavy (non-hydrogen) atoms. The number of nitrogens with zero attached hydrogens (tertiary/aromatic N) is 1. The fraction of sp³-hybridized carbons (Fsp3) is 0.480. The zero-order valence-electron chi connectivity index (χ0n) is 19.2. The van der Waals surface area contributed by atoms with E-state index in [4.69, 9.17) is 23.9 Å². The normalized spacial score (nSPS) is 15.2. The molecule has 2 N–H and O–H groups in total. The topological polar surface area (TPSA) is 73.3 Å². The molecule has 0 atom stereocenters. The summed E-state index contributed by atoms with van der Waals surface area (Å²) < 4.78 is 22.8. The molecule has 0 unspecified atom stereocenters. The molecule has 1 fully saturated rings. The lowest BCUT2D eigenvalue weighted by molar-refractivity contribution is 0.123. The lowest BCUT2D eigenvalue weighted by Crippen LogP contribution is -2.32. The van der Waals surface area contributed by atoms with E-state index in [0.717, 1.165) is 67.0 Å². The molecule has 0 saturated heterocycles. The standard InChI is InChI=1S/C25H33N3O4.HI/c1-29-22-7-3-2-6-20(22)17-27-25(26-12-4-13-30-18-19-8-9-19)28-21-10-11-23-24(16-21)32-15-5-14-31-23;/h2-3,6-7,10-11,16,19H,4-5,8-9,12-15,17-18H2,1H3,(H2,26,27,28);1H. The molecule has 0 aromatic heterocycles. The van der Waals surface area contributed by atoms with Gasteiger partial charge < -0.3 is 29.6 Å². The highest BCUT2D eigenvalue weighted by Crippen LogP contribution is 2.32. The SMILES string of the molecule is COc1ccccc1CN=C(NCCCOCC1CC1)Nc1ccc2c(c1)OCCCO2.I. The van der Waals surface area contributed by atoms with Crippen LogP contribution in [0.25, 0.3) is 0 Å². The Hall–Kier alpha value is -2.20. The van der Waals surface area contributed by atoms with Crippen molar-refractivity contribution in [1.82, 2.24) is 5.32 Å². The zero-order chi connectivity index (χ0) is 22.0. The van der Waals surface area contributed by atoms with E-state index in [2.05, 4.69) is 10.6 Å². The van der Waals surface area contributed by atoms with Gasteiger partial charge in [-0.2, -0.15) is 0 Å². The van der Waals surface area contributed by atoms with E-state index in [-0.39, 0.29) is 24.0 Å². The molecule has 0 bridgehead atoms. The monoisotopic (exact) mass is 567 g/mol. The Bertz CT molecular complexity index is 905. The second-order valence-electron chi connectivity index (χ2n) is 8.11. The lowest BCUT2D eigenvalue weighted by Gasteiger charge is -2.15. The second kappa shape index (κ2) is 13.5. The highest BCUT2D eigenvalue weighted by Gasteiger charge is 2.20. The molecule has 2 aromatic rings. The van der Waals surface area contributed by atoms with E-state index in [1.807, 2.05) is 42.5 Å². The smallest absolute Gasteiger partial charge is 0.196 e. The van der Waals surface area contributed by atoms with Crippen LogP contribution in [0.2, 0.25) is 0 Å². The number of nitrogens with one attached hydrogen (secondary N) is 2. The minimum Gasteiger partial charge on any atom is -0.496 e. The molecular formula is C25H34IN3O4. The highest BCUT2D eigenvalue weighted by atomic mass is 127. The summed E-state index contributed by atoms with van der Waals surface area (Å²) in [5.41, 5.74) is 1.92. The van der Waals surface area contributed by atoms with E-state index in [1.165, 1.54) is 12.8 Å². The fourth-order valence-electron chi connectivity index (χ4n) is 3.43. The Morgan fingerprint density at radius 1 is 1.09 bits per heavy atom. The van der Waals surface area contributed by atoms with Crippen molar-refractivity contribution in [2.45, 2.75) is 32.2 Å². The maximum Gasteiger partial charge on any atom is 0.196 e. The van der Waals surface area contributed by atoms with E-state index < -0.39 is 0 Å². The first kappa shape index (κ1) is 25.4. The van der Waals surface area contributed by atoms with Crippen molar-refractivity contribution in [3.05, 3.63) is 48.0 Å². The number of para-hydroxylation sites is 1. The van der Waals surface area contributed by atoms with Gasteiger partial charge in [-0.15, -0.1) is 24.0 Å². The number of anilines is 1. The fourth-order valence-corrected chi connectivity index (χ4v) is 3.43. The molecule has 7 nitrogen and oxygen atoms in total. The van der Waals surface area contributed by atoms with E-state index >= 15 is 0 Å². The number of hydrogen-bond donors (Lipinski definition) is 2. The molecule has 0 amide bonds. The van der Waals surface area contributed by atoms with Gasteiger partial charge >= 0.3 is 0 Å².